The van der Waals surface area contributed by atoms with Gasteiger partial charge < -0.3 is 5.32 Å². The molecular weight excluding hydrogens is 386 g/mol. The summed E-state index contributed by atoms with van der Waals surface area (Å²) >= 11 is 0. The lowest BCUT2D eigenvalue weighted by molar-refractivity contribution is -0.158. The van der Waals surface area contributed by atoms with Crippen LogP contribution in [-0.2, 0) is 20.6 Å². The van der Waals surface area contributed by atoms with Crippen molar-refractivity contribution in [3.63, 3.8) is 0 Å². The van der Waals surface area contributed by atoms with Gasteiger partial charge in [0.2, 0.25) is 0 Å². The summed E-state index contributed by atoms with van der Waals surface area (Å²) in [4.78, 5) is 18.4. The SMILES string of the molecule is CC1CCCC2CC(C(=O)NCC3CCC(S(=O)N4CCCCC4)CC3)ONC12. The van der Waals surface area contributed by atoms with Crippen molar-refractivity contribution in [2.45, 2.75) is 94.9 Å². The highest BCUT2D eigenvalue weighted by atomic mass is 32.2. The fraction of sp³-hybridized carbons (Fsp3) is 0.955. The molecule has 4 aliphatic rings. The Kier molecular flexibility index (Phi) is 7.64. The molecule has 166 valence electrons. The van der Waals surface area contributed by atoms with Crippen molar-refractivity contribution >= 4 is 16.9 Å². The number of nitrogens with one attached hydrogen (secondary N) is 2. The number of rotatable bonds is 5. The van der Waals surface area contributed by atoms with E-state index in [0.29, 0.717) is 29.0 Å². The number of carbonyl (C=O) groups excluding carboxylic acids is 1. The molecule has 2 aliphatic carbocycles. The standard InChI is InChI=1S/C22H39N3O3S/c1-16-6-5-7-18-14-20(28-24-21(16)18)22(26)23-15-17-8-10-19(11-9-17)29(27)25-12-3-2-4-13-25/h16-21,24H,2-15H2,1H3,(H,23,26). The van der Waals surface area contributed by atoms with E-state index in [1.165, 1.54) is 38.5 Å². The molecule has 0 aromatic rings. The second kappa shape index (κ2) is 10.2. The van der Waals surface area contributed by atoms with E-state index in [2.05, 4.69) is 22.0 Å². The fourth-order valence-electron chi connectivity index (χ4n) is 5.80. The van der Waals surface area contributed by atoms with Gasteiger partial charge in [0.1, 0.15) is 0 Å². The van der Waals surface area contributed by atoms with Crippen LogP contribution >= 0.6 is 0 Å². The minimum atomic E-state index is -0.814. The smallest absolute Gasteiger partial charge is 0.251 e. The molecule has 5 unspecified atom stereocenters. The van der Waals surface area contributed by atoms with Gasteiger partial charge in [0.25, 0.3) is 5.91 Å². The monoisotopic (exact) mass is 425 g/mol. The van der Waals surface area contributed by atoms with Crippen LogP contribution in [0.25, 0.3) is 0 Å². The van der Waals surface area contributed by atoms with E-state index in [-0.39, 0.29) is 12.0 Å². The molecule has 0 aromatic carbocycles. The molecule has 4 rings (SSSR count). The van der Waals surface area contributed by atoms with E-state index in [0.717, 1.165) is 51.7 Å². The Labute approximate surface area is 178 Å². The van der Waals surface area contributed by atoms with Crippen LogP contribution in [0.3, 0.4) is 0 Å². The van der Waals surface area contributed by atoms with Gasteiger partial charge in [0, 0.05) is 30.9 Å². The predicted octanol–water partition coefficient (Wildman–Crippen LogP) is 2.91. The molecule has 4 fully saturated rings. The number of carbonyl (C=O) groups is 1. The lowest BCUT2D eigenvalue weighted by Gasteiger charge is -2.42. The van der Waals surface area contributed by atoms with E-state index in [1.807, 2.05) is 0 Å². The minimum absolute atomic E-state index is 0.0354. The molecule has 5 atom stereocenters. The third kappa shape index (κ3) is 5.41. The van der Waals surface area contributed by atoms with Crippen LogP contribution < -0.4 is 10.8 Å². The molecule has 2 saturated heterocycles. The van der Waals surface area contributed by atoms with Gasteiger partial charge in [-0.05, 0) is 75.5 Å². The maximum atomic E-state index is 12.8. The first kappa shape index (κ1) is 21.7. The van der Waals surface area contributed by atoms with Crippen molar-refractivity contribution in [2.75, 3.05) is 19.6 Å². The van der Waals surface area contributed by atoms with E-state index in [9.17, 15) is 9.00 Å². The molecule has 2 N–H and O–H groups in total. The predicted molar refractivity (Wildman–Crippen MR) is 115 cm³/mol. The average molecular weight is 426 g/mol. The van der Waals surface area contributed by atoms with Crippen LogP contribution in [0.15, 0.2) is 0 Å². The van der Waals surface area contributed by atoms with Crippen LogP contribution in [0.5, 0.6) is 0 Å². The molecule has 0 aromatic heterocycles. The molecule has 1 amide bonds. The number of hydrogen-bond donors (Lipinski definition) is 2. The summed E-state index contributed by atoms with van der Waals surface area (Å²) in [6.45, 7) is 5.01. The maximum Gasteiger partial charge on any atom is 0.251 e. The zero-order valence-corrected chi connectivity index (χ0v) is 18.8. The van der Waals surface area contributed by atoms with Gasteiger partial charge in [-0.15, -0.1) is 0 Å². The van der Waals surface area contributed by atoms with Crippen LogP contribution in [0, 0.1) is 17.8 Å². The number of hydroxylamine groups is 1. The first-order valence-corrected chi connectivity index (χ1v) is 13.1. The highest BCUT2D eigenvalue weighted by Gasteiger charge is 2.39. The molecule has 7 heteroatoms. The first-order valence-electron chi connectivity index (χ1n) is 12.0. The van der Waals surface area contributed by atoms with Gasteiger partial charge in [-0.3, -0.25) is 9.63 Å². The molecule has 0 bridgehead atoms. The highest BCUT2D eigenvalue weighted by molar-refractivity contribution is 7.83. The molecule has 2 heterocycles. The van der Waals surface area contributed by atoms with Gasteiger partial charge in [0.05, 0.1) is 11.0 Å². The molecule has 6 nitrogen and oxygen atoms in total. The van der Waals surface area contributed by atoms with Crippen LogP contribution in [0.2, 0.25) is 0 Å². The fourth-order valence-corrected chi connectivity index (χ4v) is 7.51. The van der Waals surface area contributed by atoms with Crippen molar-refractivity contribution in [1.29, 1.82) is 0 Å². The summed E-state index contributed by atoms with van der Waals surface area (Å²) in [7, 11) is -0.814. The Morgan fingerprint density at radius 1 is 1.07 bits per heavy atom. The lowest BCUT2D eigenvalue weighted by atomic mass is 9.75. The summed E-state index contributed by atoms with van der Waals surface area (Å²) < 4.78 is 15.0. The van der Waals surface area contributed by atoms with Crippen molar-refractivity contribution in [2.24, 2.45) is 17.8 Å². The largest absolute Gasteiger partial charge is 0.353 e. The second-order valence-corrected chi connectivity index (χ2v) is 11.5. The van der Waals surface area contributed by atoms with Gasteiger partial charge in [-0.25, -0.2) is 8.51 Å². The number of nitrogens with zero attached hydrogens (tertiary/aromatic N) is 1. The lowest BCUT2D eigenvalue weighted by Crippen LogP contribution is -2.55. The number of piperidine rings is 1. The average Bonchev–Trinajstić information content (AvgIpc) is 2.78. The Balaban J connectivity index is 1.17. The Morgan fingerprint density at radius 2 is 1.83 bits per heavy atom. The summed E-state index contributed by atoms with van der Waals surface area (Å²) in [6.07, 6.45) is 12.0. The first-order chi connectivity index (χ1) is 14.1. The normalized spacial score (nSPS) is 40.0. The molecule has 0 spiro atoms. The van der Waals surface area contributed by atoms with Gasteiger partial charge >= 0.3 is 0 Å². The number of hydrogen-bond acceptors (Lipinski definition) is 4. The highest BCUT2D eigenvalue weighted by Crippen LogP contribution is 2.35. The van der Waals surface area contributed by atoms with E-state index in [1.54, 1.807) is 0 Å². The molecule has 0 radical (unpaired) electrons. The molecule has 2 saturated carbocycles. The maximum absolute atomic E-state index is 12.8. The topological polar surface area (TPSA) is 70.7 Å². The molecular formula is C22H39N3O3S. The van der Waals surface area contributed by atoms with Gasteiger partial charge in [-0.2, -0.15) is 5.48 Å². The Hall–Kier alpha value is -0.500. The van der Waals surface area contributed by atoms with E-state index >= 15 is 0 Å². The summed E-state index contributed by atoms with van der Waals surface area (Å²) in [6, 6.07) is 0.406. The number of amides is 1. The van der Waals surface area contributed by atoms with Gasteiger partial charge in [-0.1, -0.05) is 19.8 Å². The molecule has 2 aliphatic heterocycles. The van der Waals surface area contributed by atoms with Crippen molar-refractivity contribution in [3.8, 4) is 0 Å². The zero-order chi connectivity index (χ0) is 20.2. The number of fused-ring (bicyclic) bond motifs is 1. The van der Waals surface area contributed by atoms with Crippen LogP contribution in [-0.4, -0.2) is 51.5 Å². The third-order valence-electron chi connectivity index (χ3n) is 7.72. The third-order valence-corrected chi connectivity index (χ3v) is 9.64. The van der Waals surface area contributed by atoms with Crippen LogP contribution in [0.4, 0.5) is 0 Å². The second-order valence-electron chi connectivity index (χ2n) is 9.81. The van der Waals surface area contributed by atoms with Crippen molar-refractivity contribution in [3.05, 3.63) is 0 Å². The zero-order valence-electron chi connectivity index (χ0n) is 17.9. The quantitative estimate of drug-likeness (QED) is 0.711. The van der Waals surface area contributed by atoms with Crippen LogP contribution in [0.1, 0.15) is 77.6 Å². The van der Waals surface area contributed by atoms with Crippen molar-refractivity contribution < 1.29 is 13.8 Å². The summed E-state index contributed by atoms with van der Waals surface area (Å²) in [5.74, 6) is 1.73. The minimum Gasteiger partial charge on any atom is -0.353 e. The summed E-state index contributed by atoms with van der Waals surface area (Å²) in [5, 5.41) is 3.46. The Morgan fingerprint density at radius 3 is 2.59 bits per heavy atom. The van der Waals surface area contributed by atoms with Gasteiger partial charge in [0.15, 0.2) is 6.10 Å². The Bertz CT molecular complexity index is 576. The van der Waals surface area contributed by atoms with E-state index in [4.69, 9.17) is 4.84 Å². The van der Waals surface area contributed by atoms with Crippen molar-refractivity contribution in [1.82, 2.24) is 15.1 Å². The van der Waals surface area contributed by atoms with E-state index < -0.39 is 11.0 Å². The molecule has 29 heavy (non-hydrogen) atoms. The summed E-state index contributed by atoms with van der Waals surface area (Å²) in [5.41, 5.74) is 3.19.